The third kappa shape index (κ3) is 5.28. The molecule has 2 aliphatic rings. The fourth-order valence-electron chi connectivity index (χ4n) is 4.68. The third-order valence-electron chi connectivity index (χ3n) is 6.41. The number of aromatic nitrogens is 4. The molecule has 3 aromatic rings. The zero-order chi connectivity index (χ0) is 30.1. The van der Waals surface area contributed by atoms with Crippen LogP contribution in [0.5, 0.6) is 0 Å². The first-order valence-corrected chi connectivity index (χ1v) is 14.8. The van der Waals surface area contributed by atoms with E-state index in [1.807, 2.05) is 5.38 Å². The number of carboxylic acid groups (broad SMARTS) is 1. The van der Waals surface area contributed by atoms with Gasteiger partial charge in [0, 0.05) is 28.2 Å². The molecule has 2 aliphatic heterocycles. The number of nitrogens with two attached hydrogens (primary N) is 1. The molecule has 0 spiro atoms. The molecular weight excluding hydrogens is 617 g/mol. The number of carbonyl (C=O) groups excluding carboxylic acids is 4. The van der Waals surface area contributed by atoms with Crippen LogP contribution in [-0.2, 0) is 30.6 Å². The summed E-state index contributed by atoms with van der Waals surface area (Å²) in [6, 6.07) is -1.97. The van der Waals surface area contributed by atoms with Gasteiger partial charge in [-0.1, -0.05) is 16.5 Å². The fraction of sp³-hybridized carbons (Fsp3) is 0.364. The number of hydrogen-bond donors (Lipinski definition) is 4. The number of thioether (sulfide) groups is 1. The van der Waals surface area contributed by atoms with Crippen LogP contribution in [0.1, 0.15) is 24.6 Å². The van der Waals surface area contributed by atoms with Gasteiger partial charge in [-0.05, 0) is 6.92 Å². The molecule has 16 nitrogen and oxygen atoms in total. The van der Waals surface area contributed by atoms with E-state index in [9.17, 15) is 33.8 Å². The topological polar surface area (TPSA) is 221 Å². The number of halogens is 1. The molecule has 3 aromatic heterocycles. The van der Waals surface area contributed by atoms with E-state index in [1.54, 1.807) is 21.4 Å². The molecule has 20 heteroatoms. The number of carbonyl (C=O) groups is 4. The highest BCUT2D eigenvalue weighted by molar-refractivity contribution is 8.00. The first-order valence-electron chi connectivity index (χ1n) is 12.1. The van der Waals surface area contributed by atoms with Crippen molar-refractivity contribution in [3.05, 3.63) is 40.7 Å². The van der Waals surface area contributed by atoms with Crippen LogP contribution < -0.4 is 26.0 Å². The van der Waals surface area contributed by atoms with Crippen LogP contribution in [-0.4, -0.2) is 83.8 Å². The molecule has 0 aliphatic carbocycles. The molecule has 5 rings (SSSR count). The molecule has 5 heterocycles. The van der Waals surface area contributed by atoms with Crippen molar-refractivity contribution in [1.29, 1.82) is 0 Å². The van der Waals surface area contributed by atoms with Gasteiger partial charge in [0.05, 0.1) is 17.8 Å². The number of nitrogens with zero attached hydrogens (tertiary/aromatic N) is 6. The highest BCUT2D eigenvalue weighted by atomic mass is 32.2. The van der Waals surface area contributed by atoms with Crippen molar-refractivity contribution in [3.8, 4) is 0 Å². The number of rotatable bonds is 12. The molecule has 1 fully saturated rings. The Labute approximate surface area is 247 Å². The maximum Gasteiger partial charge on any atom is 0.288 e. The molecule has 3 amide bonds. The number of oxime groups is 1. The molecular formula is C22H22FN9O7S3. The highest BCUT2D eigenvalue weighted by Gasteiger charge is 2.53. The molecule has 0 aromatic carbocycles. The van der Waals surface area contributed by atoms with Crippen molar-refractivity contribution in [2.45, 2.75) is 37.0 Å². The predicted octanol–water partition coefficient (Wildman–Crippen LogP) is -2.36. The number of thiazole rings is 1. The molecule has 0 bridgehead atoms. The van der Waals surface area contributed by atoms with Crippen molar-refractivity contribution in [1.82, 2.24) is 29.3 Å². The number of aliphatic hydroxyl groups is 1. The Kier molecular flexibility index (Phi) is 8.38. The van der Waals surface area contributed by atoms with Gasteiger partial charge in [-0.3, -0.25) is 19.3 Å². The molecule has 4 atom stereocenters. The van der Waals surface area contributed by atoms with E-state index in [1.165, 1.54) is 30.0 Å². The van der Waals surface area contributed by atoms with Gasteiger partial charge in [-0.2, -0.15) is 13.8 Å². The minimum atomic E-state index is -1.59. The zero-order valence-corrected chi connectivity index (χ0v) is 23.9. The Hall–Kier alpha value is -4.14. The van der Waals surface area contributed by atoms with Crippen molar-refractivity contribution in [2.24, 2.45) is 5.16 Å². The minimum absolute atomic E-state index is 0.00558. The number of imidazole rings is 1. The second-order valence-corrected chi connectivity index (χ2v) is 11.8. The summed E-state index contributed by atoms with van der Waals surface area (Å²) in [5.41, 5.74) is 5.04. The average molecular weight is 640 g/mol. The Morgan fingerprint density at radius 3 is 2.90 bits per heavy atom. The van der Waals surface area contributed by atoms with E-state index in [0.717, 1.165) is 21.3 Å². The third-order valence-corrected chi connectivity index (χ3v) is 9.10. The van der Waals surface area contributed by atoms with Gasteiger partial charge in [-0.25, -0.2) is 8.96 Å². The Morgan fingerprint density at radius 1 is 1.48 bits per heavy atom. The lowest BCUT2D eigenvalue weighted by Gasteiger charge is -2.50. The smallest absolute Gasteiger partial charge is 0.288 e. The van der Waals surface area contributed by atoms with Gasteiger partial charge in [0.25, 0.3) is 24.5 Å². The summed E-state index contributed by atoms with van der Waals surface area (Å²) in [6.45, 7) is 0.179. The SMILES string of the molecule is C[C@H](O)[C@H](NC=O)c1n2ccsc2c[n+]1CC1=C(C(=O)[O-])N2C(=O)[C@@H](NC(=O)/C(=N\OCF)c3nsc(N)n3)[C@H]2SC1. The number of carboxylic acids is 1. The lowest BCUT2D eigenvalue weighted by molar-refractivity contribution is -0.697. The number of alkyl halides is 1. The van der Waals surface area contributed by atoms with Gasteiger partial charge < -0.3 is 36.2 Å². The molecule has 5 N–H and O–H groups in total. The number of fused-ring (bicyclic) bond motifs is 2. The minimum Gasteiger partial charge on any atom is -0.543 e. The van der Waals surface area contributed by atoms with Gasteiger partial charge in [0.15, 0.2) is 11.2 Å². The van der Waals surface area contributed by atoms with E-state index in [2.05, 4.69) is 30.0 Å². The zero-order valence-electron chi connectivity index (χ0n) is 21.5. The van der Waals surface area contributed by atoms with Crippen molar-refractivity contribution >= 4 is 74.5 Å². The summed E-state index contributed by atoms with van der Waals surface area (Å²) in [5, 5.41) is 32.2. The predicted molar refractivity (Wildman–Crippen MR) is 144 cm³/mol. The Morgan fingerprint density at radius 2 is 2.26 bits per heavy atom. The van der Waals surface area contributed by atoms with Gasteiger partial charge in [-0.15, -0.1) is 11.8 Å². The van der Waals surface area contributed by atoms with E-state index in [4.69, 9.17) is 5.73 Å². The van der Waals surface area contributed by atoms with Gasteiger partial charge >= 0.3 is 0 Å². The monoisotopic (exact) mass is 639 g/mol. The Bertz CT molecular complexity index is 1620. The number of hydrogen-bond acceptors (Lipinski definition) is 14. The van der Waals surface area contributed by atoms with Crippen LogP contribution >= 0.6 is 34.6 Å². The normalized spacial score (nSPS) is 20.1. The van der Waals surface area contributed by atoms with E-state index >= 15 is 0 Å². The molecule has 1 saturated heterocycles. The van der Waals surface area contributed by atoms with Crippen LogP contribution in [0, 0.1) is 0 Å². The van der Waals surface area contributed by atoms with Crippen LogP contribution in [0.3, 0.4) is 0 Å². The van der Waals surface area contributed by atoms with Crippen LogP contribution in [0.4, 0.5) is 9.52 Å². The largest absolute Gasteiger partial charge is 0.543 e. The van der Waals surface area contributed by atoms with Crippen molar-refractivity contribution in [2.75, 3.05) is 18.3 Å². The summed E-state index contributed by atoms with van der Waals surface area (Å²) in [6.07, 6.45) is 2.98. The standard InChI is InChI=1S/C22H22FN9O7S3/c1-9(34)12(25-8-33)18-30(5-11-31(18)2-3-40-11)4-10-6-41-20-14(19(36)32(20)15(10)21(37)38)26-17(35)13(28-39-7-23)16-27-22(24)42-29-16/h2-3,5,8-9,12,14,20,34H,4,6-7H2,1H3,(H4-,24,25,26,27,29,33,35,37,38)/b28-13-/t9-,12-,14+,20+/m0/s1. The number of amides is 3. The second-order valence-electron chi connectivity index (χ2n) is 8.96. The lowest BCUT2D eigenvalue weighted by atomic mass is 10.0. The molecule has 0 radical (unpaired) electrons. The molecule has 0 unspecified atom stereocenters. The van der Waals surface area contributed by atoms with E-state index in [0.29, 0.717) is 17.8 Å². The van der Waals surface area contributed by atoms with Gasteiger partial charge in [0.1, 0.15) is 30.4 Å². The number of aliphatic hydroxyl groups excluding tert-OH is 1. The number of anilines is 1. The maximum absolute atomic E-state index is 13.2. The van der Waals surface area contributed by atoms with Crippen molar-refractivity contribution < 1.29 is 43.2 Å². The lowest BCUT2D eigenvalue weighted by Crippen LogP contribution is -2.71. The van der Waals surface area contributed by atoms with Crippen LogP contribution in [0.15, 0.2) is 34.2 Å². The van der Waals surface area contributed by atoms with Gasteiger partial charge in [0.2, 0.25) is 22.8 Å². The number of nitrogens with one attached hydrogen (secondary N) is 2. The number of nitrogen functional groups attached to an aromatic ring is 1. The first-order chi connectivity index (χ1) is 20.2. The number of aliphatic carboxylic acids is 1. The maximum atomic E-state index is 13.2. The highest BCUT2D eigenvalue weighted by Crippen LogP contribution is 2.40. The van der Waals surface area contributed by atoms with Crippen LogP contribution in [0.2, 0.25) is 0 Å². The van der Waals surface area contributed by atoms with Crippen LogP contribution in [0.25, 0.3) is 4.83 Å². The fourth-order valence-corrected chi connectivity index (χ4v) is 7.23. The van der Waals surface area contributed by atoms with E-state index < -0.39 is 53.9 Å². The molecule has 0 saturated carbocycles. The summed E-state index contributed by atoms with van der Waals surface area (Å²) < 4.78 is 19.9. The molecule has 222 valence electrons. The van der Waals surface area contributed by atoms with E-state index in [-0.39, 0.29) is 29.0 Å². The first kappa shape index (κ1) is 29.4. The summed E-state index contributed by atoms with van der Waals surface area (Å²) >= 11 is 3.37. The average Bonchev–Trinajstić information content (AvgIpc) is 3.67. The summed E-state index contributed by atoms with van der Waals surface area (Å²) in [4.78, 5) is 59.7. The second kappa shape index (κ2) is 12.0. The Balaban J connectivity index is 1.41. The number of β-lactam (4-membered cyclic amide) rings is 1. The molecule has 42 heavy (non-hydrogen) atoms. The quantitative estimate of drug-likeness (QED) is 0.0540. The summed E-state index contributed by atoms with van der Waals surface area (Å²) in [7, 11) is 0. The summed E-state index contributed by atoms with van der Waals surface area (Å²) in [5.74, 6) is -2.86. The van der Waals surface area contributed by atoms with Crippen molar-refractivity contribution in [3.63, 3.8) is 0 Å².